The third kappa shape index (κ3) is 4.09. The van der Waals surface area contributed by atoms with Crippen LogP contribution in [0.4, 0.5) is 18.9 Å². The molecule has 8 heteroatoms. The molecule has 1 amide bonds. The molecule has 0 saturated carbocycles. The maximum absolute atomic E-state index is 12.9. The largest absolute Gasteiger partial charge is 0.464 e. The van der Waals surface area contributed by atoms with E-state index in [1.165, 1.54) is 36.5 Å². The van der Waals surface area contributed by atoms with Crippen molar-refractivity contribution in [2.45, 2.75) is 12.6 Å². The lowest BCUT2D eigenvalue weighted by molar-refractivity contribution is -0.138. The Morgan fingerprint density at radius 3 is 2.54 bits per heavy atom. The number of benzene rings is 1. The Hall–Kier alpha value is -2.90. The van der Waals surface area contributed by atoms with Gasteiger partial charge in [-0.25, -0.2) is 9.78 Å². The van der Waals surface area contributed by atoms with Crippen LogP contribution < -0.4 is 5.32 Å². The number of ether oxygens (including phenoxy) is 1. The number of carbonyl (C=O) groups is 2. The van der Waals surface area contributed by atoms with Crippen LogP contribution in [0.3, 0.4) is 0 Å². The normalized spacial score (nSPS) is 11.0. The van der Waals surface area contributed by atoms with Gasteiger partial charge in [0, 0.05) is 6.20 Å². The number of pyridine rings is 1. The summed E-state index contributed by atoms with van der Waals surface area (Å²) in [5.41, 5.74) is -1.10. The molecule has 2 aromatic rings. The van der Waals surface area contributed by atoms with E-state index in [0.29, 0.717) is 0 Å². The molecule has 1 N–H and O–H groups in total. The molecule has 0 fully saturated rings. The van der Waals surface area contributed by atoms with E-state index in [0.717, 1.165) is 13.2 Å². The van der Waals surface area contributed by atoms with Gasteiger partial charge in [0.25, 0.3) is 0 Å². The summed E-state index contributed by atoms with van der Waals surface area (Å²) in [5.74, 6) is -1.47. The fraction of sp³-hybridized carbons (Fsp3) is 0.188. The number of nitrogens with one attached hydrogen (secondary N) is 1. The van der Waals surface area contributed by atoms with Gasteiger partial charge in [-0.05, 0) is 23.8 Å². The van der Waals surface area contributed by atoms with Gasteiger partial charge in [-0.1, -0.05) is 18.2 Å². The van der Waals surface area contributed by atoms with E-state index in [4.69, 9.17) is 0 Å². The summed E-state index contributed by atoms with van der Waals surface area (Å²) >= 11 is 0. The van der Waals surface area contributed by atoms with Crippen molar-refractivity contribution in [1.82, 2.24) is 4.98 Å². The Kier molecular flexibility index (Phi) is 5.18. The van der Waals surface area contributed by atoms with Gasteiger partial charge in [0.2, 0.25) is 5.91 Å². The summed E-state index contributed by atoms with van der Waals surface area (Å²) in [4.78, 5) is 27.4. The predicted octanol–water partition coefficient (Wildman–Crippen LogP) is 3.07. The monoisotopic (exact) mass is 338 g/mol. The molecule has 2 rings (SSSR count). The molecule has 0 bridgehead atoms. The van der Waals surface area contributed by atoms with Gasteiger partial charge in [-0.15, -0.1) is 0 Å². The maximum atomic E-state index is 12.9. The number of hydrogen-bond acceptors (Lipinski definition) is 4. The van der Waals surface area contributed by atoms with Gasteiger partial charge >= 0.3 is 12.1 Å². The smallest absolute Gasteiger partial charge is 0.416 e. The number of rotatable bonds is 4. The second-order valence-electron chi connectivity index (χ2n) is 4.77. The molecule has 0 radical (unpaired) electrons. The van der Waals surface area contributed by atoms with Crippen LogP contribution in [0.25, 0.3) is 0 Å². The summed E-state index contributed by atoms with van der Waals surface area (Å²) in [6.45, 7) is 0. The van der Waals surface area contributed by atoms with Crippen molar-refractivity contribution in [1.29, 1.82) is 0 Å². The number of aromatic nitrogens is 1. The SMILES string of the molecule is COC(=O)c1ncccc1NC(=O)Cc1ccccc1C(F)(F)F. The second kappa shape index (κ2) is 7.12. The molecule has 0 aliphatic heterocycles. The van der Waals surface area contributed by atoms with Crippen LogP contribution in [-0.4, -0.2) is 24.0 Å². The molecule has 0 saturated heterocycles. The number of amides is 1. The maximum Gasteiger partial charge on any atom is 0.416 e. The predicted molar refractivity (Wildman–Crippen MR) is 79.4 cm³/mol. The van der Waals surface area contributed by atoms with Gasteiger partial charge < -0.3 is 10.1 Å². The zero-order chi connectivity index (χ0) is 17.7. The van der Waals surface area contributed by atoms with Crippen molar-refractivity contribution in [2.75, 3.05) is 12.4 Å². The van der Waals surface area contributed by atoms with Crippen LogP contribution in [0.5, 0.6) is 0 Å². The molecule has 0 aliphatic carbocycles. The number of hydrogen-bond donors (Lipinski definition) is 1. The Balaban J connectivity index is 2.20. The number of methoxy groups -OCH3 is 1. The van der Waals surface area contributed by atoms with Crippen LogP contribution in [0.15, 0.2) is 42.6 Å². The lowest BCUT2D eigenvalue weighted by Crippen LogP contribution is -2.20. The first-order valence-corrected chi connectivity index (χ1v) is 6.81. The van der Waals surface area contributed by atoms with Crippen LogP contribution >= 0.6 is 0 Å². The standard InChI is InChI=1S/C16H13F3N2O3/c1-24-15(23)14-12(7-4-8-20-14)21-13(22)9-10-5-2-3-6-11(10)16(17,18)19/h2-8H,9H2,1H3,(H,21,22). The third-order valence-electron chi connectivity index (χ3n) is 3.13. The van der Waals surface area contributed by atoms with E-state index in [2.05, 4.69) is 15.0 Å². The van der Waals surface area contributed by atoms with Gasteiger partial charge in [-0.3, -0.25) is 4.79 Å². The van der Waals surface area contributed by atoms with Crippen LogP contribution in [0.1, 0.15) is 21.6 Å². The van der Waals surface area contributed by atoms with Crippen molar-refractivity contribution in [2.24, 2.45) is 0 Å². The van der Waals surface area contributed by atoms with Gasteiger partial charge in [0.05, 0.1) is 24.8 Å². The highest BCUT2D eigenvalue weighted by atomic mass is 19.4. The molecule has 126 valence electrons. The number of esters is 1. The molecule has 5 nitrogen and oxygen atoms in total. The number of nitrogens with zero attached hydrogens (tertiary/aromatic N) is 1. The molecule has 0 unspecified atom stereocenters. The molecule has 24 heavy (non-hydrogen) atoms. The number of carbonyl (C=O) groups excluding carboxylic acids is 2. The minimum atomic E-state index is -4.55. The number of halogens is 3. The fourth-order valence-corrected chi connectivity index (χ4v) is 2.08. The molecule has 0 spiro atoms. The van der Waals surface area contributed by atoms with Crippen LogP contribution in [0.2, 0.25) is 0 Å². The quantitative estimate of drug-likeness (QED) is 0.870. The van der Waals surface area contributed by atoms with Crippen molar-refractivity contribution in [3.63, 3.8) is 0 Å². The number of alkyl halides is 3. The zero-order valence-electron chi connectivity index (χ0n) is 12.6. The molecular weight excluding hydrogens is 325 g/mol. The lowest BCUT2D eigenvalue weighted by Gasteiger charge is -2.13. The van der Waals surface area contributed by atoms with E-state index in [1.54, 1.807) is 0 Å². The van der Waals surface area contributed by atoms with Crippen molar-refractivity contribution >= 4 is 17.6 Å². The Morgan fingerprint density at radius 2 is 1.88 bits per heavy atom. The van der Waals surface area contributed by atoms with Crippen LogP contribution in [-0.2, 0) is 22.1 Å². The Morgan fingerprint density at radius 1 is 1.17 bits per heavy atom. The van der Waals surface area contributed by atoms with E-state index in [1.807, 2.05) is 0 Å². The van der Waals surface area contributed by atoms with Crippen LogP contribution in [0, 0.1) is 0 Å². The first-order valence-electron chi connectivity index (χ1n) is 6.81. The van der Waals surface area contributed by atoms with E-state index in [9.17, 15) is 22.8 Å². The van der Waals surface area contributed by atoms with Crippen molar-refractivity contribution in [3.8, 4) is 0 Å². The third-order valence-corrected chi connectivity index (χ3v) is 3.13. The average Bonchev–Trinajstić information content (AvgIpc) is 2.54. The molecule has 1 aromatic carbocycles. The van der Waals surface area contributed by atoms with Gasteiger partial charge in [0.1, 0.15) is 0 Å². The first kappa shape index (κ1) is 17.5. The number of anilines is 1. The van der Waals surface area contributed by atoms with Crippen molar-refractivity contribution < 1.29 is 27.5 Å². The first-order chi connectivity index (χ1) is 11.3. The van der Waals surface area contributed by atoms with E-state index < -0.39 is 30.0 Å². The Bertz CT molecular complexity index is 760. The minimum Gasteiger partial charge on any atom is -0.464 e. The van der Waals surface area contributed by atoms with E-state index >= 15 is 0 Å². The minimum absolute atomic E-state index is 0.0684. The molecule has 0 aliphatic rings. The van der Waals surface area contributed by atoms with Gasteiger partial charge in [-0.2, -0.15) is 13.2 Å². The highest BCUT2D eigenvalue weighted by molar-refractivity contribution is 6.00. The average molecular weight is 338 g/mol. The second-order valence-corrected chi connectivity index (χ2v) is 4.77. The summed E-state index contributed by atoms with van der Waals surface area (Å²) < 4.78 is 43.4. The van der Waals surface area contributed by atoms with Gasteiger partial charge in [0.15, 0.2) is 5.69 Å². The summed E-state index contributed by atoms with van der Waals surface area (Å²) in [6.07, 6.45) is -3.71. The van der Waals surface area contributed by atoms with Crippen molar-refractivity contribution in [3.05, 3.63) is 59.4 Å². The lowest BCUT2D eigenvalue weighted by atomic mass is 10.0. The Labute approximate surface area is 135 Å². The zero-order valence-corrected chi connectivity index (χ0v) is 12.6. The fourth-order valence-electron chi connectivity index (χ4n) is 2.08. The molecule has 0 atom stereocenters. The molecule has 1 heterocycles. The topological polar surface area (TPSA) is 68.3 Å². The highest BCUT2D eigenvalue weighted by Gasteiger charge is 2.33. The summed E-state index contributed by atoms with van der Waals surface area (Å²) in [6, 6.07) is 7.69. The molecule has 1 aromatic heterocycles. The summed E-state index contributed by atoms with van der Waals surface area (Å²) in [5, 5.41) is 2.38. The molecular formula is C16H13F3N2O3. The summed E-state index contributed by atoms with van der Waals surface area (Å²) in [7, 11) is 1.15. The highest BCUT2D eigenvalue weighted by Crippen LogP contribution is 2.32. The van der Waals surface area contributed by atoms with E-state index in [-0.39, 0.29) is 16.9 Å².